The number of rotatable bonds is 5. The first-order valence-corrected chi connectivity index (χ1v) is 8.38. The van der Waals surface area contributed by atoms with Gasteiger partial charge >= 0.3 is 0 Å². The predicted octanol–water partition coefficient (Wildman–Crippen LogP) is 2.24. The van der Waals surface area contributed by atoms with Gasteiger partial charge in [-0.05, 0) is 38.3 Å². The summed E-state index contributed by atoms with van der Waals surface area (Å²) in [5.74, 6) is -3.56. The topological polar surface area (TPSA) is 58.2 Å². The van der Waals surface area contributed by atoms with Gasteiger partial charge in [-0.25, -0.2) is 21.6 Å². The van der Waals surface area contributed by atoms with Crippen LogP contribution in [0.2, 0.25) is 0 Å². The smallest absolute Gasteiger partial charge is 0.232 e. The lowest BCUT2D eigenvalue weighted by Gasteiger charge is -2.22. The van der Waals surface area contributed by atoms with Crippen molar-refractivity contribution in [3.05, 3.63) is 29.6 Å². The highest BCUT2D eigenvalue weighted by atomic mass is 32.2. The molecule has 1 aliphatic heterocycles. The van der Waals surface area contributed by atoms with Crippen LogP contribution >= 0.6 is 0 Å². The Balaban J connectivity index is 2.00. The van der Waals surface area contributed by atoms with Gasteiger partial charge in [-0.15, -0.1) is 0 Å². The minimum absolute atomic E-state index is 0.214. The van der Waals surface area contributed by atoms with Gasteiger partial charge < -0.3 is 5.32 Å². The van der Waals surface area contributed by atoms with Crippen molar-refractivity contribution in [2.45, 2.75) is 19.3 Å². The lowest BCUT2D eigenvalue weighted by molar-refractivity contribution is 0.365. The largest absolute Gasteiger partial charge is 0.317 e. The van der Waals surface area contributed by atoms with E-state index >= 15 is 0 Å². The summed E-state index contributed by atoms with van der Waals surface area (Å²) in [7, 11) is -3.86. The Morgan fingerprint density at radius 1 is 1.14 bits per heavy atom. The average molecular weight is 322 g/mol. The van der Waals surface area contributed by atoms with Crippen LogP contribution in [0.5, 0.6) is 0 Å². The van der Waals surface area contributed by atoms with Crippen LogP contribution in [0.25, 0.3) is 0 Å². The van der Waals surface area contributed by atoms with Crippen molar-refractivity contribution >= 4 is 15.7 Å². The second-order valence-corrected chi connectivity index (χ2v) is 6.99. The molecule has 0 unspecified atom stereocenters. The third-order valence-corrected chi connectivity index (χ3v) is 4.81. The Labute approximate surface area is 121 Å². The van der Waals surface area contributed by atoms with E-state index < -0.39 is 33.2 Å². The fourth-order valence-electron chi connectivity index (χ4n) is 2.34. The van der Waals surface area contributed by atoms with Gasteiger partial charge in [0.2, 0.25) is 10.0 Å². The maximum atomic E-state index is 13.4. The van der Waals surface area contributed by atoms with Crippen molar-refractivity contribution in [1.82, 2.24) is 5.32 Å². The average Bonchev–Trinajstić information content (AvgIpc) is 2.42. The van der Waals surface area contributed by atoms with Gasteiger partial charge in [0.15, 0.2) is 11.6 Å². The van der Waals surface area contributed by atoms with Crippen LogP contribution in [0.15, 0.2) is 12.1 Å². The number of benzene rings is 1. The number of hydrogen-bond acceptors (Lipinski definition) is 3. The van der Waals surface area contributed by atoms with Crippen LogP contribution in [0.3, 0.4) is 0 Å². The molecule has 2 N–H and O–H groups in total. The third kappa shape index (κ3) is 4.60. The summed E-state index contributed by atoms with van der Waals surface area (Å²) in [6, 6.07) is 0.876. The number of nitrogens with one attached hydrogen (secondary N) is 2. The summed E-state index contributed by atoms with van der Waals surface area (Å²) in [5.41, 5.74) is -0.832. The van der Waals surface area contributed by atoms with E-state index in [-0.39, 0.29) is 11.7 Å². The van der Waals surface area contributed by atoms with Crippen LogP contribution in [0.4, 0.5) is 18.9 Å². The SMILES string of the molecule is O=S(=O)(CCC1CCNCC1)Nc1c(F)cc(F)cc1F. The third-order valence-electron chi connectivity index (χ3n) is 3.52. The standard InChI is InChI=1S/C13H17F3N2O2S/c14-10-7-11(15)13(12(16)8-10)18-21(19,20)6-3-9-1-4-17-5-2-9/h7-9,17-18H,1-6H2. The summed E-state index contributed by atoms with van der Waals surface area (Å²) in [6.07, 6.45) is 2.20. The molecule has 0 radical (unpaired) electrons. The number of sulfonamides is 1. The second kappa shape index (κ2) is 6.65. The highest BCUT2D eigenvalue weighted by Gasteiger charge is 2.21. The molecular formula is C13H17F3N2O2S. The summed E-state index contributed by atoms with van der Waals surface area (Å²) >= 11 is 0. The molecule has 1 aromatic rings. The molecule has 118 valence electrons. The number of piperidine rings is 1. The lowest BCUT2D eigenvalue weighted by atomic mass is 9.96. The Morgan fingerprint density at radius 2 is 1.71 bits per heavy atom. The highest BCUT2D eigenvalue weighted by Crippen LogP contribution is 2.23. The molecular weight excluding hydrogens is 305 g/mol. The first-order chi connectivity index (χ1) is 9.87. The number of anilines is 1. The van der Waals surface area contributed by atoms with Gasteiger partial charge in [0, 0.05) is 12.1 Å². The molecule has 1 fully saturated rings. The molecule has 0 aliphatic carbocycles. The highest BCUT2D eigenvalue weighted by molar-refractivity contribution is 7.92. The molecule has 0 amide bonds. The van der Waals surface area contributed by atoms with Crippen LogP contribution in [-0.4, -0.2) is 27.3 Å². The minimum atomic E-state index is -3.86. The first kappa shape index (κ1) is 16.1. The minimum Gasteiger partial charge on any atom is -0.317 e. The second-order valence-electron chi connectivity index (χ2n) is 5.15. The van der Waals surface area contributed by atoms with Gasteiger partial charge in [-0.3, -0.25) is 4.72 Å². The molecule has 0 atom stereocenters. The first-order valence-electron chi connectivity index (χ1n) is 6.73. The van der Waals surface area contributed by atoms with Crippen molar-refractivity contribution in [2.75, 3.05) is 23.6 Å². The quantitative estimate of drug-likeness (QED) is 0.874. The predicted molar refractivity (Wildman–Crippen MR) is 73.9 cm³/mol. The van der Waals surface area contributed by atoms with Crippen LogP contribution in [0.1, 0.15) is 19.3 Å². The number of hydrogen-bond donors (Lipinski definition) is 2. The van der Waals surface area contributed by atoms with Crippen LogP contribution in [-0.2, 0) is 10.0 Å². The molecule has 0 aromatic heterocycles. The van der Waals surface area contributed by atoms with Crippen molar-refractivity contribution in [1.29, 1.82) is 0 Å². The summed E-state index contributed by atoms with van der Waals surface area (Å²) in [6.45, 7) is 1.69. The van der Waals surface area contributed by atoms with E-state index in [4.69, 9.17) is 0 Å². The molecule has 0 bridgehead atoms. The lowest BCUT2D eigenvalue weighted by Crippen LogP contribution is -2.29. The Hall–Kier alpha value is -1.28. The van der Waals surface area contributed by atoms with E-state index in [0.29, 0.717) is 18.6 Å². The van der Waals surface area contributed by atoms with Gasteiger partial charge in [-0.1, -0.05) is 0 Å². The Bertz CT molecular complexity index is 578. The zero-order valence-corrected chi connectivity index (χ0v) is 12.1. The molecule has 1 heterocycles. The molecule has 1 aromatic carbocycles. The van der Waals surface area contributed by atoms with Gasteiger partial charge in [-0.2, -0.15) is 0 Å². The van der Waals surface area contributed by atoms with E-state index in [1.807, 2.05) is 4.72 Å². The van der Waals surface area contributed by atoms with E-state index in [0.717, 1.165) is 25.9 Å². The van der Waals surface area contributed by atoms with Crippen molar-refractivity contribution in [2.24, 2.45) is 5.92 Å². The Morgan fingerprint density at radius 3 is 2.29 bits per heavy atom. The van der Waals surface area contributed by atoms with Crippen molar-refractivity contribution in [3.8, 4) is 0 Å². The fourth-order valence-corrected chi connectivity index (χ4v) is 3.59. The molecule has 0 saturated carbocycles. The van der Waals surface area contributed by atoms with E-state index in [2.05, 4.69) is 5.32 Å². The van der Waals surface area contributed by atoms with Crippen molar-refractivity contribution < 1.29 is 21.6 Å². The zero-order chi connectivity index (χ0) is 15.5. The summed E-state index contributed by atoms with van der Waals surface area (Å²) in [5, 5.41) is 3.17. The maximum absolute atomic E-state index is 13.4. The van der Waals surface area contributed by atoms with Crippen LogP contribution < -0.4 is 10.0 Å². The van der Waals surface area contributed by atoms with Gasteiger partial charge in [0.25, 0.3) is 0 Å². The van der Waals surface area contributed by atoms with E-state index in [9.17, 15) is 21.6 Å². The summed E-state index contributed by atoms with van der Waals surface area (Å²) in [4.78, 5) is 0. The molecule has 21 heavy (non-hydrogen) atoms. The maximum Gasteiger partial charge on any atom is 0.232 e. The van der Waals surface area contributed by atoms with E-state index in [1.165, 1.54) is 0 Å². The van der Waals surface area contributed by atoms with Crippen LogP contribution in [0, 0.1) is 23.4 Å². The molecule has 1 saturated heterocycles. The monoisotopic (exact) mass is 322 g/mol. The molecule has 2 rings (SSSR count). The van der Waals surface area contributed by atoms with Gasteiger partial charge in [0.05, 0.1) is 5.75 Å². The fraction of sp³-hybridized carbons (Fsp3) is 0.538. The van der Waals surface area contributed by atoms with Crippen molar-refractivity contribution in [3.63, 3.8) is 0 Å². The summed E-state index contributed by atoms with van der Waals surface area (Å²) < 4.78 is 65.2. The van der Waals surface area contributed by atoms with E-state index in [1.54, 1.807) is 0 Å². The molecule has 4 nitrogen and oxygen atoms in total. The molecule has 0 spiro atoms. The molecule has 1 aliphatic rings. The number of halogens is 3. The molecule has 8 heteroatoms. The normalized spacial score (nSPS) is 16.9. The zero-order valence-electron chi connectivity index (χ0n) is 11.3. The van der Waals surface area contributed by atoms with Gasteiger partial charge in [0.1, 0.15) is 11.5 Å². The Kier molecular flexibility index (Phi) is 5.10.